The Labute approximate surface area is 377 Å². The first-order chi connectivity index (χ1) is 30.0. The van der Waals surface area contributed by atoms with Crippen molar-refractivity contribution >= 4 is 42.6 Å². The highest BCUT2D eigenvalue weighted by atomic mass is 16.7. The fourth-order valence-corrected chi connectivity index (χ4v) is 9.49. The zero-order chi connectivity index (χ0) is 46.6. The number of nitrogens with two attached hydrogens (primary N) is 2. The van der Waals surface area contributed by atoms with Crippen LogP contribution in [0.25, 0.3) is 0 Å². The molecule has 4 fully saturated rings. The van der Waals surface area contributed by atoms with E-state index in [0.717, 1.165) is 32.2 Å². The minimum Gasteiger partial charge on any atom is -0.481 e. The summed E-state index contributed by atoms with van der Waals surface area (Å²) in [5.74, 6) is -3.62. The molecule has 1 heterocycles. The first kappa shape index (κ1) is 54.0. The maximum absolute atomic E-state index is 13.7. The van der Waals surface area contributed by atoms with Crippen LogP contribution >= 0.6 is 0 Å². The van der Waals surface area contributed by atoms with E-state index in [0.29, 0.717) is 57.2 Å². The fraction of sp³-hybridized carbons (Fsp3) is 0.867. The fourth-order valence-electron chi connectivity index (χ4n) is 9.49. The van der Waals surface area contributed by atoms with Crippen molar-refractivity contribution in [3.05, 3.63) is 0 Å². The molecular formula is C45H83BN8O9. The Morgan fingerprint density at radius 3 is 1.83 bits per heavy atom. The summed E-state index contributed by atoms with van der Waals surface area (Å²) in [7, 11) is -0.657. The minimum absolute atomic E-state index is 0.0605. The second-order valence-corrected chi connectivity index (χ2v) is 19.1. The van der Waals surface area contributed by atoms with E-state index in [9.17, 15) is 33.9 Å². The molecule has 1 saturated heterocycles. The van der Waals surface area contributed by atoms with Gasteiger partial charge in [-0.1, -0.05) is 65.7 Å². The number of carboxylic acids is 1. The minimum atomic E-state index is -1.33. The van der Waals surface area contributed by atoms with Gasteiger partial charge < -0.3 is 57.8 Å². The molecule has 9 unspecified atom stereocenters. The zero-order valence-electron chi connectivity index (χ0n) is 39.3. The molecule has 63 heavy (non-hydrogen) atoms. The van der Waals surface area contributed by atoms with Crippen LogP contribution in [0.4, 0.5) is 0 Å². The number of nitrogens with one attached hydrogen (secondary N) is 6. The molecule has 4 rings (SSSR count). The van der Waals surface area contributed by atoms with Gasteiger partial charge in [0.15, 0.2) is 0 Å². The molecule has 3 saturated carbocycles. The van der Waals surface area contributed by atoms with Gasteiger partial charge in [0, 0.05) is 19.4 Å². The average molecular weight is 891 g/mol. The Bertz CT molecular complexity index is 1480. The second-order valence-electron chi connectivity index (χ2n) is 19.1. The second kappa shape index (κ2) is 27.2. The Hall–Kier alpha value is -3.32. The summed E-state index contributed by atoms with van der Waals surface area (Å²) >= 11 is 0. The molecule has 4 aliphatic rings. The van der Waals surface area contributed by atoms with Gasteiger partial charge in [-0.05, 0) is 122 Å². The van der Waals surface area contributed by atoms with Gasteiger partial charge in [0.2, 0.25) is 29.5 Å². The van der Waals surface area contributed by atoms with E-state index in [4.69, 9.17) is 20.8 Å². The standard InChI is InChI=1S/C45H83BN8O9/c1-7-8-9-10-11-12-13-18-26-49-27-23-38(55)52-33(19-14-16-24-47)43(61)54-35(21-22-39(56)57)41(59)50-30(2)40(58)53-34(20-15-17-25-48)42(60)51-31(3)46-62-37-29-32-28-36(44(32,4)5)45(37,6)63-46/h30-37,49H,7-29,47-48H2,1-6H3,(H,50,59)(H,51,60)(H,52,55)(H,53,58)(H,54,61)(H,56,57). The summed E-state index contributed by atoms with van der Waals surface area (Å²) in [6.07, 6.45) is 13.9. The molecule has 0 aromatic rings. The van der Waals surface area contributed by atoms with Gasteiger partial charge in [-0.25, -0.2) is 0 Å². The van der Waals surface area contributed by atoms with Crippen LogP contribution in [0.3, 0.4) is 0 Å². The summed E-state index contributed by atoms with van der Waals surface area (Å²) in [6, 6.07) is -4.44. The van der Waals surface area contributed by atoms with Gasteiger partial charge in [-0.2, -0.15) is 0 Å². The number of carboxylic acid groups (broad SMARTS) is 1. The van der Waals surface area contributed by atoms with Crippen LogP contribution in [0.2, 0.25) is 0 Å². The topological polar surface area (TPSA) is 265 Å². The van der Waals surface area contributed by atoms with Gasteiger partial charge in [0.25, 0.3) is 0 Å². The molecule has 2 bridgehead atoms. The number of hydrogen-bond donors (Lipinski definition) is 9. The third-order valence-electron chi connectivity index (χ3n) is 13.7. The molecule has 11 N–H and O–H groups in total. The summed E-state index contributed by atoms with van der Waals surface area (Å²) in [5.41, 5.74) is 11.1. The van der Waals surface area contributed by atoms with Crippen molar-refractivity contribution < 1.29 is 43.2 Å². The number of carbonyl (C=O) groups is 6. The van der Waals surface area contributed by atoms with E-state index in [-0.39, 0.29) is 43.1 Å². The van der Waals surface area contributed by atoms with E-state index in [1.54, 1.807) is 0 Å². The van der Waals surface area contributed by atoms with Crippen LogP contribution in [0.15, 0.2) is 0 Å². The molecule has 360 valence electrons. The lowest BCUT2D eigenvalue weighted by Crippen LogP contribution is -2.65. The van der Waals surface area contributed by atoms with Crippen molar-refractivity contribution in [1.29, 1.82) is 0 Å². The van der Waals surface area contributed by atoms with E-state index >= 15 is 0 Å². The number of amides is 5. The quantitative estimate of drug-likeness (QED) is 0.0340. The summed E-state index contributed by atoms with van der Waals surface area (Å²) in [5, 5.41) is 26.5. The Kier molecular flexibility index (Phi) is 23.3. The molecule has 0 radical (unpaired) electrons. The third kappa shape index (κ3) is 16.9. The van der Waals surface area contributed by atoms with Crippen molar-refractivity contribution in [2.24, 2.45) is 28.7 Å². The lowest BCUT2D eigenvalue weighted by atomic mass is 9.43. The number of aliphatic carboxylic acids is 1. The third-order valence-corrected chi connectivity index (χ3v) is 13.7. The number of carbonyl (C=O) groups excluding carboxylic acids is 5. The lowest BCUT2D eigenvalue weighted by Gasteiger charge is -2.64. The molecule has 0 aromatic carbocycles. The highest BCUT2D eigenvalue weighted by Crippen LogP contribution is 2.65. The first-order valence-electron chi connectivity index (χ1n) is 24.1. The Balaban J connectivity index is 1.56. The molecule has 18 heteroatoms. The largest absolute Gasteiger partial charge is 0.481 e. The maximum Gasteiger partial charge on any atom is 0.481 e. The lowest BCUT2D eigenvalue weighted by molar-refractivity contribution is -0.199. The predicted octanol–water partition coefficient (Wildman–Crippen LogP) is 2.96. The molecule has 3 aliphatic carbocycles. The molecular weight excluding hydrogens is 807 g/mol. The van der Waals surface area contributed by atoms with Gasteiger partial charge in [-0.3, -0.25) is 28.8 Å². The monoisotopic (exact) mass is 891 g/mol. The van der Waals surface area contributed by atoms with Gasteiger partial charge in [-0.15, -0.1) is 0 Å². The first-order valence-corrected chi connectivity index (χ1v) is 24.1. The Morgan fingerprint density at radius 2 is 1.22 bits per heavy atom. The van der Waals surface area contributed by atoms with Crippen molar-refractivity contribution in [3.63, 3.8) is 0 Å². The van der Waals surface area contributed by atoms with Crippen LogP contribution in [-0.4, -0.2) is 116 Å². The van der Waals surface area contributed by atoms with E-state index in [2.05, 4.69) is 59.6 Å². The van der Waals surface area contributed by atoms with Crippen LogP contribution in [0.5, 0.6) is 0 Å². The number of unbranched alkanes of at least 4 members (excludes halogenated alkanes) is 9. The highest BCUT2D eigenvalue weighted by Gasteiger charge is 2.68. The van der Waals surface area contributed by atoms with E-state index < -0.39 is 78.8 Å². The van der Waals surface area contributed by atoms with Crippen molar-refractivity contribution in [3.8, 4) is 0 Å². The molecule has 5 amide bonds. The van der Waals surface area contributed by atoms with Crippen LogP contribution in [0, 0.1) is 17.3 Å². The molecule has 9 atom stereocenters. The average Bonchev–Trinajstić information content (AvgIpc) is 3.61. The molecule has 0 spiro atoms. The normalized spacial score (nSPS) is 23.2. The van der Waals surface area contributed by atoms with Gasteiger partial charge >= 0.3 is 13.1 Å². The predicted molar refractivity (Wildman–Crippen MR) is 244 cm³/mol. The van der Waals surface area contributed by atoms with E-state index in [1.807, 2.05) is 6.92 Å². The molecule has 1 aliphatic heterocycles. The maximum atomic E-state index is 13.7. The molecule has 17 nitrogen and oxygen atoms in total. The zero-order valence-corrected chi connectivity index (χ0v) is 39.3. The summed E-state index contributed by atoms with van der Waals surface area (Å²) in [6.45, 7) is 14.2. The summed E-state index contributed by atoms with van der Waals surface area (Å²) < 4.78 is 12.9. The summed E-state index contributed by atoms with van der Waals surface area (Å²) in [4.78, 5) is 79.1. The van der Waals surface area contributed by atoms with E-state index in [1.165, 1.54) is 45.4 Å². The van der Waals surface area contributed by atoms with Crippen LogP contribution < -0.4 is 43.4 Å². The van der Waals surface area contributed by atoms with Crippen LogP contribution in [-0.2, 0) is 38.1 Å². The van der Waals surface area contributed by atoms with Crippen molar-refractivity contribution in [2.45, 2.75) is 205 Å². The smallest absolute Gasteiger partial charge is 0.481 e. The van der Waals surface area contributed by atoms with Gasteiger partial charge in [0.05, 0.1) is 17.6 Å². The van der Waals surface area contributed by atoms with Crippen molar-refractivity contribution in [1.82, 2.24) is 31.9 Å². The Morgan fingerprint density at radius 1 is 0.667 bits per heavy atom. The van der Waals surface area contributed by atoms with Crippen LogP contribution in [0.1, 0.15) is 164 Å². The highest BCUT2D eigenvalue weighted by molar-refractivity contribution is 6.47. The SMILES string of the molecule is CCCCCCCCCCNCCC(=O)NC(CCCCN)C(=O)NC(CCC(=O)O)C(=O)NC(C)C(=O)NC(CCCCN)C(=O)NC(C)B1OC2CC3CC(C3(C)C)C2(C)O1. The van der Waals surface area contributed by atoms with Gasteiger partial charge in [0.1, 0.15) is 24.2 Å². The number of hydrogen-bond acceptors (Lipinski definition) is 11. The number of rotatable bonds is 33. The van der Waals surface area contributed by atoms with Crippen molar-refractivity contribution in [2.75, 3.05) is 26.2 Å². The molecule has 0 aromatic heterocycles.